The third-order valence-corrected chi connectivity index (χ3v) is 11.6. The summed E-state index contributed by atoms with van der Waals surface area (Å²) in [6, 6.07) is 0. The lowest BCUT2D eigenvalue weighted by Gasteiger charge is -2.41. The number of carbonyl (C=O) groups is 2. The molecule has 0 bridgehead atoms. The van der Waals surface area contributed by atoms with Crippen LogP contribution in [0.15, 0.2) is 12.2 Å². The topological polar surface area (TPSA) is 210 Å². The molecule has 1 aliphatic rings. The van der Waals surface area contributed by atoms with Gasteiger partial charge in [-0.25, -0.2) is 4.57 Å². The molecule has 0 aliphatic heterocycles. The summed E-state index contributed by atoms with van der Waals surface area (Å²) in [6.07, 6.45) is 21.3. The molecule has 0 aromatic heterocycles. The number of aliphatic hydroxyl groups excluding tert-OH is 5. The van der Waals surface area contributed by atoms with Crippen molar-refractivity contribution in [2.45, 2.75) is 236 Å². The minimum Gasteiger partial charge on any atom is -0.462 e. The molecule has 336 valence electrons. The standard InChI is InChI=1S/C43H81O13P/c1-3-5-7-9-11-13-15-17-18-20-21-23-25-27-29-31-36(44)53-33-35(34-54-57(51,52)56-43-41(49)39(47)38(46)40(48)42(43)50)55-37(45)32-30-28-26-24-22-19-16-14-12-10-8-6-4-2/h17-18,35,38-43,46-50H,3-16,19-34H2,1-2H3,(H,51,52)/b18-17+/t35?,38?,39-,40+,41-,42-,43?/m1/s1. The number of ether oxygens (including phenoxy) is 2. The maximum Gasteiger partial charge on any atom is 0.472 e. The molecule has 0 saturated heterocycles. The lowest BCUT2D eigenvalue weighted by molar-refractivity contribution is -0.220. The third kappa shape index (κ3) is 27.1. The lowest BCUT2D eigenvalue weighted by Crippen LogP contribution is -2.64. The predicted octanol–water partition coefficient (Wildman–Crippen LogP) is 8.28. The third-order valence-electron chi connectivity index (χ3n) is 10.6. The lowest BCUT2D eigenvalue weighted by atomic mass is 9.85. The number of carbonyl (C=O) groups excluding carboxylic acids is 2. The van der Waals surface area contributed by atoms with E-state index in [1.807, 2.05) is 0 Å². The Labute approximate surface area is 343 Å². The molecule has 14 heteroatoms. The number of hydrogen-bond acceptors (Lipinski definition) is 12. The van der Waals surface area contributed by atoms with Crippen LogP contribution >= 0.6 is 7.82 Å². The molecule has 4 unspecified atom stereocenters. The minimum absolute atomic E-state index is 0.100. The SMILES string of the molecule is CCCCCCCC/C=C/CCCCCCCC(=O)OCC(COP(=O)(O)OC1[C@H](O)[C@H](O)C(O)[C@H](O)[C@H]1O)OC(=O)CCCCCCCCCCCCCCC. The molecule has 0 aromatic carbocycles. The number of aliphatic hydroxyl groups is 5. The summed E-state index contributed by atoms with van der Waals surface area (Å²) in [7, 11) is -5.11. The van der Waals surface area contributed by atoms with E-state index in [0.717, 1.165) is 64.2 Å². The number of esters is 2. The Bertz CT molecular complexity index is 1060. The van der Waals surface area contributed by atoms with Crippen LogP contribution < -0.4 is 0 Å². The number of unbranched alkanes of at least 4 members (excludes halogenated alkanes) is 23. The normalized spacial score (nSPS) is 22.7. The van der Waals surface area contributed by atoms with Crippen LogP contribution in [0.3, 0.4) is 0 Å². The Morgan fingerprint density at radius 1 is 0.526 bits per heavy atom. The molecule has 1 fully saturated rings. The number of hydrogen-bond donors (Lipinski definition) is 6. The van der Waals surface area contributed by atoms with Crippen molar-refractivity contribution in [1.82, 2.24) is 0 Å². The van der Waals surface area contributed by atoms with Crippen LogP contribution in [-0.4, -0.2) is 98.3 Å². The summed E-state index contributed by atoms with van der Waals surface area (Å²) in [4.78, 5) is 35.6. The van der Waals surface area contributed by atoms with Crippen LogP contribution in [0.1, 0.15) is 194 Å². The van der Waals surface area contributed by atoms with Gasteiger partial charge in [0.15, 0.2) is 6.10 Å². The van der Waals surface area contributed by atoms with Crippen molar-refractivity contribution in [3.05, 3.63) is 12.2 Å². The molecule has 0 heterocycles. The van der Waals surface area contributed by atoms with Crippen molar-refractivity contribution < 1.29 is 63.1 Å². The second kappa shape index (κ2) is 34.3. The zero-order valence-electron chi connectivity index (χ0n) is 35.4. The average molecular weight is 837 g/mol. The van der Waals surface area contributed by atoms with Crippen LogP contribution in [-0.2, 0) is 32.7 Å². The quantitative estimate of drug-likeness (QED) is 0.0151. The Morgan fingerprint density at radius 2 is 0.895 bits per heavy atom. The first-order valence-electron chi connectivity index (χ1n) is 22.5. The molecule has 0 radical (unpaired) electrons. The highest BCUT2D eigenvalue weighted by Crippen LogP contribution is 2.47. The van der Waals surface area contributed by atoms with Crippen molar-refractivity contribution in [3.63, 3.8) is 0 Å². The molecule has 0 spiro atoms. The first-order chi connectivity index (χ1) is 27.4. The molecule has 57 heavy (non-hydrogen) atoms. The maximum atomic E-state index is 12.8. The summed E-state index contributed by atoms with van der Waals surface area (Å²) in [6.45, 7) is 3.28. The molecule has 6 N–H and O–H groups in total. The van der Waals surface area contributed by atoms with E-state index in [0.29, 0.717) is 12.8 Å². The van der Waals surface area contributed by atoms with E-state index in [1.54, 1.807) is 0 Å². The predicted molar refractivity (Wildman–Crippen MR) is 221 cm³/mol. The van der Waals surface area contributed by atoms with Crippen molar-refractivity contribution in [2.24, 2.45) is 0 Å². The number of rotatable bonds is 37. The van der Waals surface area contributed by atoms with Crippen molar-refractivity contribution in [1.29, 1.82) is 0 Å². The van der Waals surface area contributed by atoms with Gasteiger partial charge in [-0.15, -0.1) is 0 Å². The summed E-state index contributed by atoms with van der Waals surface area (Å²) in [5.74, 6) is -1.10. The van der Waals surface area contributed by atoms with E-state index in [1.165, 1.54) is 89.9 Å². The number of allylic oxidation sites excluding steroid dienone is 2. The zero-order chi connectivity index (χ0) is 42.2. The molecule has 1 saturated carbocycles. The highest BCUT2D eigenvalue weighted by atomic mass is 31.2. The van der Waals surface area contributed by atoms with E-state index in [2.05, 4.69) is 26.0 Å². The molecule has 0 amide bonds. The molecule has 1 aliphatic carbocycles. The summed E-state index contributed by atoms with van der Waals surface area (Å²) < 4.78 is 33.5. The number of phosphoric acid groups is 1. The highest BCUT2D eigenvalue weighted by molar-refractivity contribution is 7.47. The van der Waals surface area contributed by atoms with Gasteiger partial charge in [0.25, 0.3) is 0 Å². The van der Waals surface area contributed by atoms with Gasteiger partial charge in [0.1, 0.15) is 43.2 Å². The number of phosphoric ester groups is 1. The second-order valence-electron chi connectivity index (χ2n) is 15.9. The van der Waals surface area contributed by atoms with Gasteiger partial charge in [-0.2, -0.15) is 0 Å². The van der Waals surface area contributed by atoms with Gasteiger partial charge in [-0.3, -0.25) is 18.6 Å². The maximum absolute atomic E-state index is 12.8. The van der Waals surface area contributed by atoms with E-state index in [4.69, 9.17) is 18.5 Å². The van der Waals surface area contributed by atoms with Gasteiger partial charge in [0.05, 0.1) is 6.61 Å². The van der Waals surface area contributed by atoms with Crippen LogP contribution in [0.25, 0.3) is 0 Å². The Morgan fingerprint density at radius 3 is 1.33 bits per heavy atom. The van der Waals surface area contributed by atoms with Crippen LogP contribution in [0.2, 0.25) is 0 Å². The molecular formula is C43H81O13P. The van der Waals surface area contributed by atoms with Gasteiger partial charge in [0.2, 0.25) is 0 Å². The highest BCUT2D eigenvalue weighted by Gasteiger charge is 2.51. The summed E-state index contributed by atoms with van der Waals surface area (Å²) in [5.41, 5.74) is 0. The molecule has 1 rings (SSSR count). The van der Waals surface area contributed by atoms with Gasteiger partial charge >= 0.3 is 19.8 Å². The molecule has 13 nitrogen and oxygen atoms in total. The van der Waals surface area contributed by atoms with Gasteiger partial charge < -0.3 is 39.9 Å². The van der Waals surface area contributed by atoms with E-state index in [-0.39, 0.29) is 12.8 Å². The van der Waals surface area contributed by atoms with Gasteiger partial charge in [0, 0.05) is 12.8 Å². The van der Waals surface area contributed by atoms with E-state index in [9.17, 15) is 44.6 Å². The fraction of sp³-hybridized carbons (Fsp3) is 0.907. The fourth-order valence-electron chi connectivity index (χ4n) is 6.93. The summed E-state index contributed by atoms with van der Waals surface area (Å²) >= 11 is 0. The minimum atomic E-state index is -5.11. The Hall–Kier alpha value is -1.41. The van der Waals surface area contributed by atoms with Crippen molar-refractivity contribution >= 4 is 19.8 Å². The monoisotopic (exact) mass is 837 g/mol. The average Bonchev–Trinajstić information content (AvgIpc) is 3.19. The van der Waals surface area contributed by atoms with Crippen molar-refractivity contribution in [3.8, 4) is 0 Å². The van der Waals surface area contributed by atoms with E-state index >= 15 is 0 Å². The fourth-order valence-corrected chi connectivity index (χ4v) is 7.90. The molecular weight excluding hydrogens is 755 g/mol. The smallest absolute Gasteiger partial charge is 0.462 e. The molecule has 0 aromatic rings. The van der Waals surface area contributed by atoms with E-state index < -0.39 is 75.7 Å². The van der Waals surface area contributed by atoms with Crippen molar-refractivity contribution in [2.75, 3.05) is 13.2 Å². The first kappa shape index (κ1) is 53.6. The summed E-state index contributed by atoms with van der Waals surface area (Å²) in [5, 5.41) is 50.1. The Kier molecular flexibility index (Phi) is 32.3. The van der Waals surface area contributed by atoms with Crippen LogP contribution in [0, 0.1) is 0 Å². The first-order valence-corrected chi connectivity index (χ1v) is 24.0. The largest absolute Gasteiger partial charge is 0.472 e. The van der Waals surface area contributed by atoms with Gasteiger partial charge in [-0.1, -0.05) is 154 Å². The molecule has 8 atom stereocenters. The Balaban J connectivity index is 2.47. The van der Waals surface area contributed by atoms with Crippen LogP contribution in [0.4, 0.5) is 0 Å². The second-order valence-corrected chi connectivity index (χ2v) is 17.3. The van der Waals surface area contributed by atoms with Gasteiger partial charge in [-0.05, 0) is 38.5 Å². The van der Waals surface area contributed by atoms with Crippen LogP contribution in [0.5, 0.6) is 0 Å². The zero-order valence-corrected chi connectivity index (χ0v) is 36.3.